The molecule has 1 aromatic rings. The fraction of sp³-hybridized carbons (Fsp3) is 0.375. The molecule has 0 unspecified atom stereocenters. The Hall–Kier alpha value is -0.930. The summed E-state index contributed by atoms with van der Waals surface area (Å²) in [4.78, 5) is 3.88. The van der Waals surface area contributed by atoms with Crippen molar-refractivity contribution in [2.24, 2.45) is 5.73 Å². The molecule has 0 saturated heterocycles. The summed E-state index contributed by atoms with van der Waals surface area (Å²) in [6.07, 6.45) is 3.50. The quantitative estimate of drug-likeness (QED) is 0.613. The monoisotopic (exact) mass is 153 g/mol. The molecule has 0 fully saturated rings. The lowest BCUT2D eigenvalue weighted by molar-refractivity contribution is 1.02. The molecule has 62 valence electrons. The van der Waals surface area contributed by atoms with Gasteiger partial charge in [-0.05, 0) is 25.7 Å². The first-order valence-corrected chi connectivity index (χ1v) is 3.52. The van der Waals surface area contributed by atoms with Crippen LogP contribution in [-0.4, -0.2) is 19.1 Å². The zero-order valence-corrected chi connectivity index (χ0v) is 7.04. The van der Waals surface area contributed by atoms with Crippen LogP contribution in [0, 0.1) is 0 Å². The van der Waals surface area contributed by atoms with Crippen LogP contribution in [0.2, 0.25) is 0 Å². The number of nitrogens with one attached hydrogen (secondary N) is 1. The number of hydrogen-bond donors (Lipinski definition) is 2. The van der Waals surface area contributed by atoms with Crippen LogP contribution in [0.5, 0.6) is 0 Å². The Bertz CT molecular complexity index is 162. The molecule has 3 nitrogen and oxygen atoms in total. The Balaban J connectivity index is 0.000000292. The third kappa shape index (κ3) is 5.51. The van der Waals surface area contributed by atoms with Gasteiger partial charge in [0, 0.05) is 18.9 Å². The van der Waals surface area contributed by atoms with Crippen LogP contribution in [0.1, 0.15) is 5.56 Å². The molecule has 0 radical (unpaired) electrons. The molecule has 0 spiro atoms. The van der Waals surface area contributed by atoms with Crippen molar-refractivity contribution in [1.29, 1.82) is 0 Å². The largest absolute Gasteiger partial charge is 0.326 e. The van der Waals surface area contributed by atoms with Gasteiger partial charge in [0.2, 0.25) is 0 Å². The van der Waals surface area contributed by atoms with Gasteiger partial charge in [0.1, 0.15) is 0 Å². The average Bonchev–Trinajstić information content (AvgIpc) is 2.08. The number of pyridine rings is 1. The van der Waals surface area contributed by atoms with Crippen LogP contribution in [0.15, 0.2) is 24.5 Å². The number of nitrogens with two attached hydrogens (primary N) is 1. The van der Waals surface area contributed by atoms with E-state index in [1.807, 2.05) is 26.2 Å². The van der Waals surface area contributed by atoms with Gasteiger partial charge < -0.3 is 11.1 Å². The van der Waals surface area contributed by atoms with Gasteiger partial charge in [0.05, 0.1) is 0 Å². The first kappa shape index (κ1) is 10.1. The van der Waals surface area contributed by atoms with Crippen LogP contribution >= 0.6 is 0 Å². The highest BCUT2D eigenvalue weighted by Crippen LogP contribution is 1.90. The van der Waals surface area contributed by atoms with Crippen LogP contribution in [0.4, 0.5) is 0 Å². The van der Waals surface area contributed by atoms with E-state index in [4.69, 9.17) is 5.73 Å². The summed E-state index contributed by atoms with van der Waals surface area (Å²) in [6, 6.07) is 3.83. The first-order valence-electron chi connectivity index (χ1n) is 3.52. The van der Waals surface area contributed by atoms with Gasteiger partial charge in [-0.3, -0.25) is 4.98 Å². The van der Waals surface area contributed by atoms with E-state index in [-0.39, 0.29) is 0 Å². The Morgan fingerprint density at radius 1 is 1.55 bits per heavy atom. The Morgan fingerprint density at radius 3 is 2.45 bits per heavy atom. The van der Waals surface area contributed by atoms with Crippen molar-refractivity contribution in [3.05, 3.63) is 30.1 Å². The maximum absolute atomic E-state index is 5.31. The minimum Gasteiger partial charge on any atom is -0.326 e. The highest BCUT2D eigenvalue weighted by atomic mass is 14.7. The lowest BCUT2D eigenvalue weighted by Gasteiger charge is -1.89. The van der Waals surface area contributed by atoms with Crippen molar-refractivity contribution in [2.45, 2.75) is 6.54 Å². The van der Waals surface area contributed by atoms with E-state index < -0.39 is 0 Å². The Kier molecular flexibility index (Phi) is 6.57. The summed E-state index contributed by atoms with van der Waals surface area (Å²) in [5.74, 6) is 0. The number of aromatic nitrogens is 1. The van der Waals surface area contributed by atoms with E-state index in [1.54, 1.807) is 12.4 Å². The lowest BCUT2D eigenvalue weighted by atomic mass is 10.3. The molecule has 0 saturated carbocycles. The molecule has 0 aromatic carbocycles. The van der Waals surface area contributed by atoms with E-state index in [0.29, 0.717) is 6.54 Å². The van der Waals surface area contributed by atoms with Gasteiger partial charge in [0.15, 0.2) is 0 Å². The maximum Gasteiger partial charge on any atom is 0.0312 e. The highest BCUT2D eigenvalue weighted by molar-refractivity contribution is 5.06. The summed E-state index contributed by atoms with van der Waals surface area (Å²) in [5, 5.41) is 2.75. The SMILES string of the molecule is CNC.NCc1cccnc1. The maximum atomic E-state index is 5.31. The van der Waals surface area contributed by atoms with E-state index >= 15 is 0 Å². The average molecular weight is 153 g/mol. The number of hydrogen-bond acceptors (Lipinski definition) is 3. The van der Waals surface area contributed by atoms with E-state index in [2.05, 4.69) is 10.3 Å². The second-order valence-corrected chi connectivity index (χ2v) is 2.07. The molecule has 0 atom stereocenters. The minimum atomic E-state index is 0.577. The summed E-state index contributed by atoms with van der Waals surface area (Å²) in [5.41, 5.74) is 6.39. The molecule has 1 rings (SSSR count). The molecular weight excluding hydrogens is 138 g/mol. The van der Waals surface area contributed by atoms with Gasteiger partial charge in [-0.2, -0.15) is 0 Å². The first-order chi connectivity index (χ1) is 5.35. The number of nitrogens with zero attached hydrogens (tertiary/aromatic N) is 1. The zero-order valence-electron chi connectivity index (χ0n) is 7.04. The van der Waals surface area contributed by atoms with Crippen molar-refractivity contribution in [2.75, 3.05) is 14.1 Å². The third-order valence-electron chi connectivity index (χ3n) is 0.958. The predicted molar refractivity (Wildman–Crippen MR) is 47.1 cm³/mol. The standard InChI is InChI=1S/C6H8N2.C2H7N/c7-4-6-2-1-3-8-5-6;1-3-2/h1-3,5H,4,7H2;3H,1-2H3. The molecule has 3 heteroatoms. The topological polar surface area (TPSA) is 50.9 Å². The van der Waals surface area contributed by atoms with Gasteiger partial charge in [-0.1, -0.05) is 6.07 Å². The summed E-state index contributed by atoms with van der Waals surface area (Å²) in [6.45, 7) is 0.577. The normalized spacial score (nSPS) is 8.27. The Labute approximate surface area is 67.6 Å². The second-order valence-electron chi connectivity index (χ2n) is 2.07. The van der Waals surface area contributed by atoms with Crippen LogP contribution in [0.3, 0.4) is 0 Å². The van der Waals surface area contributed by atoms with Crippen molar-refractivity contribution in [3.8, 4) is 0 Å². The minimum absolute atomic E-state index is 0.577. The van der Waals surface area contributed by atoms with Crippen molar-refractivity contribution < 1.29 is 0 Å². The predicted octanol–water partition coefficient (Wildman–Crippen LogP) is 0.376. The highest BCUT2D eigenvalue weighted by Gasteiger charge is 1.81. The second kappa shape index (κ2) is 7.18. The fourth-order valence-corrected chi connectivity index (χ4v) is 0.519. The molecule has 1 aromatic heterocycles. The van der Waals surface area contributed by atoms with E-state index in [0.717, 1.165) is 5.56 Å². The smallest absolute Gasteiger partial charge is 0.0312 e. The number of rotatable bonds is 1. The molecule has 0 aliphatic heterocycles. The van der Waals surface area contributed by atoms with Crippen molar-refractivity contribution >= 4 is 0 Å². The summed E-state index contributed by atoms with van der Waals surface area (Å²) < 4.78 is 0. The van der Waals surface area contributed by atoms with E-state index in [9.17, 15) is 0 Å². The molecule has 3 N–H and O–H groups in total. The molecule has 0 aliphatic rings. The summed E-state index contributed by atoms with van der Waals surface area (Å²) >= 11 is 0. The van der Waals surface area contributed by atoms with Gasteiger partial charge in [-0.15, -0.1) is 0 Å². The molecule has 0 aliphatic carbocycles. The Morgan fingerprint density at radius 2 is 2.18 bits per heavy atom. The van der Waals surface area contributed by atoms with Crippen LogP contribution in [-0.2, 0) is 6.54 Å². The zero-order chi connectivity index (χ0) is 8.53. The van der Waals surface area contributed by atoms with Gasteiger partial charge in [-0.25, -0.2) is 0 Å². The third-order valence-corrected chi connectivity index (χ3v) is 0.958. The molecule has 11 heavy (non-hydrogen) atoms. The fourth-order valence-electron chi connectivity index (χ4n) is 0.519. The van der Waals surface area contributed by atoms with Crippen LogP contribution in [0.25, 0.3) is 0 Å². The molecule has 1 heterocycles. The van der Waals surface area contributed by atoms with Gasteiger partial charge >= 0.3 is 0 Å². The van der Waals surface area contributed by atoms with E-state index in [1.165, 1.54) is 0 Å². The summed E-state index contributed by atoms with van der Waals surface area (Å²) in [7, 11) is 3.75. The van der Waals surface area contributed by atoms with Crippen molar-refractivity contribution in [3.63, 3.8) is 0 Å². The molecule has 0 bridgehead atoms. The molecular formula is C8H15N3. The van der Waals surface area contributed by atoms with Crippen molar-refractivity contribution in [1.82, 2.24) is 10.3 Å². The van der Waals surface area contributed by atoms with Crippen LogP contribution < -0.4 is 11.1 Å². The molecule has 0 amide bonds. The lowest BCUT2D eigenvalue weighted by Crippen LogP contribution is -1.95. The van der Waals surface area contributed by atoms with Gasteiger partial charge in [0.25, 0.3) is 0 Å².